The highest BCUT2D eigenvalue weighted by Gasteiger charge is 2.29. The normalized spacial score (nSPS) is 15.6. The lowest BCUT2D eigenvalue weighted by Gasteiger charge is -2.19. The van der Waals surface area contributed by atoms with E-state index in [1.807, 2.05) is 0 Å². The van der Waals surface area contributed by atoms with Gasteiger partial charge in [-0.3, -0.25) is 4.79 Å². The third kappa shape index (κ3) is 3.44. The van der Waals surface area contributed by atoms with Gasteiger partial charge in [0.2, 0.25) is 5.91 Å². The van der Waals surface area contributed by atoms with E-state index in [1.165, 1.54) is 10.7 Å². The first kappa shape index (κ1) is 18.8. The van der Waals surface area contributed by atoms with E-state index in [2.05, 4.69) is 15.4 Å². The number of pyridine rings is 1. The fraction of sp³-hybridized carbons (Fsp3) is 0.381. The van der Waals surface area contributed by atoms with Crippen molar-refractivity contribution in [3.8, 4) is 11.5 Å². The van der Waals surface area contributed by atoms with Crippen LogP contribution in [-0.2, 0) is 11.3 Å². The average Bonchev–Trinajstić information content (AvgIpc) is 3.53. The van der Waals surface area contributed by atoms with Crippen molar-refractivity contribution < 1.29 is 23.0 Å². The summed E-state index contributed by atoms with van der Waals surface area (Å²) in [6.45, 7) is 2.45. The van der Waals surface area contributed by atoms with Gasteiger partial charge in [-0.05, 0) is 38.0 Å². The van der Waals surface area contributed by atoms with Crippen LogP contribution in [0.4, 0.5) is 14.5 Å². The maximum Gasteiger partial charge on any atom is 0.264 e. The first-order chi connectivity index (χ1) is 14.5. The number of hydrogen-bond acceptors (Lipinski definition) is 5. The molecular weight excluding hydrogens is 394 g/mol. The molecule has 5 rings (SSSR count). The van der Waals surface area contributed by atoms with Crippen molar-refractivity contribution in [2.24, 2.45) is 0 Å². The average molecular weight is 414 g/mol. The fourth-order valence-electron chi connectivity index (χ4n) is 3.74. The second kappa shape index (κ2) is 7.23. The minimum Gasteiger partial charge on any atom is -0.486 e. The van der Waals surface area contributed by atoms with Crippen molar-refractivity contribution in [2.45, 2.75) is 38.7 Å². The summed E-state index contributed by atoms with van der Waals surface area (Å²) < 4.78 is 39.7. The van der Waals surface area contributed by atoms with E-state index < -0.39 is 6.43 Å². The second-order valence-electron chi connectivity index (χ2n) is 7.56. The number of rotatable bonds is 5. The van der Waals surface area contributed by atoms with Crippen LogP contribution in [0.2, 0.25) is 0 Å². The summed E-state index contributed by atoms with van der Waals surface area (Å²) >= 11 is 0. The molecule has 9 heteroatoms. The Morgan fingerprint density at radius 2 is 2.00 bits per heavy atom. The number of carbonyl (C=O) groups excluding carboxylic acids is 1. The van der Waals surface area contributed by atoms with Gasteiger partial charge < -0.3 is 14.8 Å². The molecule has 2 aromatic heterocycles. The van der Waals surface area contributed by atoms with Gasteiger partial charge in [-0.1, -0.05) is 0 Å². The predicted molar refractivity (Wildman–Crippen MR) is 105 cm³/mol. The summed E-state index contributed by atoms with van der Waals surface area (Å²) in [6.07, 6.45) is -0.742. The summed E-state index contributed by atoms with van der Waals surface area (Å²) in [5, 5.41) is 7.43. The van der Waals surface area contributed by atoms with Crippen LogP contribution in [0.25, 0.3) is 11.0 Å². The van der Waals surface area contributed by atoms with Crippen molar-refractivity contribution in [3.63, 3.8) is 0 Å². The Labute approximate surface area is 171 Å². The van der Waals surface area contributed by atoms with Crippen LogP contribution < -0.4 is 14.8 Å². The van der Waals surface area contributed by atoms with Crippen LogP contribution in [0.3, 0.4) is 0 Å². The number of amides is 1. The number of alkyl halides is 2. The largest absolute Gasteiger partial charge is 0.486 e. The molecule has 0 saturated heterocycles. The standard InChI is InChI=1S/C21H20F2N4O3/c1-11-19-14(20(22)23)9-15(12-2-3-12)25-21(19)27(26-11)10-18(28)24-13-4-5-16-17(8-13)30-7-6-29-16/h4-5,8-9,12,20H,2-3,6-7,10H2,1H3,(H,24,28). The summed E-state index contributed by atoms with van der Waals surface area (Å²) in [7, 11) is 0. The molecule has 0 radical (unpaired) electrons. The lowest BCUT2D eigenvalue weighted by Crippen LogP contribution is -2.20. The number of hydrogen-bond donors (Lipinski definition) is 1. The Morgan fingerprint density at radius 1 is 1.23 bits per heavy atom. The molecule has 1 fully saturated rings. The third-order valence-corrected chi connectivity index (χ3v) is 5.28. The Morgan fingerprint density at radius 3 is 2.73 bits per heavy atom. The zero-order valence-corrected chi connectivity index (χ0v) is 16.3. The van der Waals surface area contributed by atoms with Crippen LogP contribution in [0, 0.1) is 6.92 Å². The Hall–Kier alpha value is -3.23. The van der Waals surface area contributed by atoms with Gasteiger partial charge in [0, 0.05) is 28.9 Å². The molecule has 1 saturated carbocycles. The molecule has 3 heterocycles. The summed E-state index contributed by atoms with van der Waals surface area (Å²) in [5.74, 6) is 1.07. The molecule has 1 N–H and O–H groups in total. The number of nitrogens with zero attached hydrogens (tertiary/aromatic N) is 3. The molecular formula is C21H20F2N4O3. The Kier molecular flexibility index (Phi) is 4.52. The molecule has 2 aliphatic rings. The Bertz CT molecular complexity index is 1140. The number of anilines is 1. The van der Waals surface area contributed by atoms with Gasteiger partial charge in [-0.2, -0.15) is 5.10 Å². The first-order valence-electron chi connectivity index (χ1n) is 9.85. The van der Waals surface area contributed by atoms with Crippen LogP contribution in [0.5, 0.6) is 11.5 Å². The zero-order valence-electron chi connectivity index (χ0n) is 16.3. The van der Waals surface area contributed by atoms with Crippen molar-refractivity contribution in [1.29, 1.82) is 0 Å². The molecule has 156 valence electrons. The van der Waals surface area contributed by atoms with E-state index in [-0.39, 0.29) is 23.9 Å². The molecule has 0 unspecified atom stereocenters. The van der Waals surface area contributed by atoms with Crippen molar-refractivity contribution >= 4 is 22.6 Å². The van der Waals surface area contributed by atoms with E-state index in [0.29, 0.717) is 52.8 Å². The predicted octanol–water partition coefficient (Wildman–Crippen LogP) is 3.96. The highest BCUT2D eigenvalue weighted by molar-refractivity contribution is 5.92. The maximum atomic E-state index is 13.7. The van der Waals surface area contributed by atoms with E-state index in [0.717, 1.165) is 12.8 Å². The molecule has 1 aromatic carbocycles. The number of ether oxygens (including phenoxy) is 2. The monoisotopic (exact) mass is 414 g/mol. The number of aryl methyl sites for hydroxylation is 1. The van der Waals surface area contributed by atoms with Crippen molar-refractivity contribution in [3.05, 3.63) is 41.2 Å². The number of fused-ring (bicyclic) bond motifs is 2. The first-order valence-corrected chi connectivity index (χ1v) is 9.85. The number of carbonyl (C=O) groups is 1. The second-order valence-corrected chi connectivity index (χ2v) is 7.56. The van der Waals surface area contributed by atoms with Gasteiger partial charge in [0.1, 0.15) is 19.8 Å². The molecule has 1 aliphatic heterocycles. The number of halogens is 2. The van der Waals surface area contributed by atoms with Gasteiger partial charge in [0.25, 0.3) is 6.43 Å². The summed E-state index contributed by atoms with van der Waals surface area (Å²) in [6, 6.07) is 6.63. The van der Waals surface area contributed by atoms with Gasteiger partial charge in [0.15, 0.2) is 17.1 Å². The molecule has 0 spiro atoms. The number of nitrogens with one attached hydrogen (secondary N) is 1. The van der Waals surface area contributed by atoms with E-state index in [1.54, 1.807) is 25.1 Å². The molecule has 30 heavy (non-hydrogen) atoms. The Balaban J connectivity index is 1.43. The maximum absolute atomic E-state index is 13.7. The van der Waals surface area contributed by atoms with E-state index >= 15 is 0 Å². The minimum absolute atomic E-state index is 0.0714. The van der Waals surface area contributed by atoms with Gasteiger partial charge in [-0.25, -0.2) is 18.4 Å². The minimum atomic E-state index is -2.63. The lowest BCUT2D eigenvalue weighted by atomic mass is 10.1. The van der Waals surface area contributed by atoms with Crippen molar-refractivity contribution in [1.82, 2.24) is 14.8 Å². The fourth-order valence-corrected chi connectivity index (χ4v) is 3.74. The van der Waals surface area contributed by atoms with Crippen LogP contribution in [-0.4, -0.2) is 33.9 Å². The molecule has 7 nitrogen and oxygen atoms in total. The quantitative estimate of drug-likeness (QED) is 0.684. The van der Waals surface area contributed by atoms with E-state index in [9.17, 15) is 13.6 Å². The number of aromatic nitrogens is 3. The highest BCUT2D eigenvalue weighted by atomic mass is 19.3. The van der Waals surface area contributed by atoms with Crippen molar-refractivity contribution in [2.75, 3.05) is 18.5 Å². The van der Waals surface area contributed by atoms with Crippen LogP contribution in [0.15, 0.2) is 24.3 Å². The zero-order chi connectivity index (χ0) is 20.8. The molecule has 0 atom stereocenters. The molecule has 0 bridgehead atoms. The van der Waals surface area contributed by atoms with E-state index in [4.69, 9.17) is 9.47 Å². The van der Waals surface area contributed by atoms with Gasteiger partial charge >= 0.3 is 0 Å². The third-order valence-electron chi connectivity index (χ3n) is 5.28. The van der Waals surface area contributed by atoms with Crippen LogP contribution >= 0.6 is 0 Å². The van der Waals surface area contributed by atoms with Crippen LogP contribution in [0.1, 0.15) is 42.1 Å². The smallest absolute Gasteiger partial charge is 0.264 e. The molecule has 1 amide bonds. The lowest BCUT2D eigenvalue weighted by molar-refractivity contribution is -0.116. The van der Waals surface area contributed by atoms with Gasteiger partial charge in [-0.15, -0.1) is 0 Å². The molecule has 1 aliphatic carbocycles. The summed E-state index contributed by atoms with van der Waals surface area (Å²) in [5.41, 5.74) is 1.88. The topological polar surface area (TPSA) is 78.3 Å². The highest BCUT2D eigenvalue weighted by Crippen LogP contribution is 2.42. The molecule has 3 aromatic rings. The van der Waals surface area contributed by atoms with Gasteiger partial charge in [0.05, 0.1) is 11.1 Å². The number of benzene rings is 1. The SMILES string of the molecule is Cc1nn(CC(=O)Nc2ccc3c(c2)OCCO3)c2nc(C3CC3)cc(C(F)F)c12. The summed E-state index contributed by atoms with van der Waals surface area (Å²) in [4.78, 5) is 17.2.